The molecule has 0 aliphatic rings. The fourth-order valence-electron chi connectivity index (χ4n) is 1.59. The molecule has 0 aliphatic carbocycles. The van der Waals surface area contributed by atoms with Gasteiger partial charge < -0.3 is 15.4 Å². The summed E-state index contributed by atoms with van der Waals surface area (Å²) in [4.78, 5) is 25.5. The number of rotatable bonds is 2. The van der Waals surface area contributed by atoms with Crippen molar-refractivity contribution < 1.29 is 9.90 Å². The number of pyridine rings is 1. The largest absolute Gasteiger partial charge is 0.384 e. The first-order chi connectivity index (χ1) is 9.69. The van der Waals surface area contributed by atoms with Crippen molar-refractivity contribution in [3.63, 3.8) is 0 Å². The molecule has 1 aromatic heterocycles. The van der Waals surface area contributed by atoms with Gasteiger partial charge in [0.1, 0.15) is 12.3 Å². The molecule has 1 aromatic carbocycles. The first kappa shape index (κ1) is 13.6. The number of hydrogen-bond donors (Lipinski definition) is 3. The molecule has 2 rings (SSSR count). The molecule has 5 nitrogen and oxygen atoms in total. The molecule has 0 saturated carbocycles. The number of amides is 1. The molecule has 100 valence electrons. The van der Waals surface area contributed by atoms with Gasteiger partial charge in [-0.2, -0.15) is 0 Å². The van der Waals surface area contributed by atoms with Crippen molar-refractivity contribution in [3.05, 3.63) is 64.1 Å². The van der Waals surface area contributed by atoms with Gasteiger partial charge in [-0.15, -0.1) is 0 Å². The number of benzene rings is 1. The number of aliphatic hydroxyl groups is 1. The monoisotopic (exact) mass is 268 g/mol. The molecule has 1 amide bonds. The van der Waals surface area contributed by atoms with E-state index in [1.807, 2.05) is 0 Å². The SMILES string of the molecule is O=C(Nc1cccc(C#CCO)c1)c1cccc(=O)[nH]1. The lowest BCUT2D eigenvalue weighted by molar-refractivity contribution is 0.102. The summed E-state index contributed by atoms with van der Waals surface area (Å²) >= 11 is 0. The zero-order valence-electron chi connectivity index (χ0n) is 10.5. The highest BCUT2D eigenvalue weighted by molar-refractivity contribution is 6.02. The molecule has 0 radical (unpaired) electrons. The lowest BCUT2D eigenvalue weighted by Gasteiger charge is -2.05. The zero-order chi connectivity index (χ0) is 14.4. The molecular weight excluding hydrogens is 256 g/mol. The van der Waals surface area contributed by atoms with E-state index in [2.05, 4.69) is 22.1 Å². The van der Waals surface area contributed by atoms with E-state index >= 15 is 0 Å². The van der Waals surface area contributed by atoms with Gasteiger partial charge in [0.15, 0.2) is 0 Å². The van der Waals surface area contributed by atoms with Gasteiger partial charge in [0, 0.05) is 17.3 Å². The number of carbonyl (C=O) groups excluding carboxylic acids is 1. The van der Waals surface area contributed by atoms with E-state index in [9.17, 15) is 9.59 Å². The number of aromatic nitrogens is 1. The molecule has 0 unspecified atom stereocenters. The predicted molar refractivity (Wildman–Crippen MR) is 75.4 cm³/mol. The number of nitrogens with one attached hydrogen (secondary N) is 2. The number of aromatic amines is 1. The van der Waals surface area contributed by atoms with E-state index in [4.69, 9.17) is 5.11 Å². The second-order valence-electron chi connectivity index (χ2n) is 3.92. The molecular formula is C15H12N2O3. The summed E-state index contributed by atoms with van der Waals surface area (Å²) in [7, 11) is 0. The maximum Gasteiger partial charge on any atom is 0.272 e. The summed E-state index contributed by atoms with van der Waals surface area (Å²) in [6.07, 6.45) is 0. The summed E-state index contributed by atoms with van der Waals surface area (Å²) in [6, 6.07) is 11.3. The Bertz CT molecular complexity index is 738. The van der Waals surface area contributed by atoms with Crippen molar-refractivity contribution in [3.8, 4) is 11.8 Å². The summed E-state index contributed by atoms with van der Waals surface area (Å²) in [5.41, 5.74) is 1.09. The van der Waals surface area contributed by atoms with Crippen molar-refractivity contribution >= 4 is 11.6 Å². The van der Waals surface area contributed by atoms with Crippen molar-refractivity contribution in [1.82, 2.24) is 4.98 Å². The fraction of sp³-hybridized carbons (Fsp3) is 0.0667. The van der Waals surface area contributed by atoms with Crippen LogP contribution in [0.4, 0.5) is 5.69 Å². The summed E-state index contributed by atoms with van der Waals surface area (Å²) in [5, 5.41) is 11.3. The van der Waals surface area contributed by atoms with Crippen LogP contribution >= 0.6 is 0 Å². The van der Waals surface area contributed by atoms with Crippen molar-refractivity contribution in [2.75, 3.05) is 11.9 Å². The molecule has 0 atom stereocenters. The predicted octanol–water partition coefficient (Wildman–Crippen LogP) is 0.971. The van der Waals surface area contributed by atoms with Gasteiger partial charge >= 0.3 is 0 Å². The first-order valence-corrected chi connectivity index (χ1v) is 5.89. The van der Waals surface area contributed by atoms with E-state index < -0.39 is 5.91 Å². The maximum absolute atomic E-state index is 11.9. The quantitative estimate of drug-likeness (QED) is 0.710. The minimum Gasteiger partial charge on any atom is -0.384 e. The van der Waals surface area contributed by atoms with Crippen LogP contribution in [0.5, 0.6) is 0 Å². The van der Waals surface area contributed by atoms with Gasteiger partial charge in [-0.25, -0.2) is 0 Å². The van der Waals surface area contributed by atoms with E-state index in [0.29, 0.717) is 11.3 Å². The Labute approximate surface area is 115 Å². The third-order valence-corrected chi connectivity index (χ3v) is 2.45. The first-order valence-electron chi connectivity index (χ1n) is 5.89. The zero-order valence-corrected chi connectivity index (χ0v) is 10.5. The highest BCUT2D eigenvalue weighted by Crippen LogP contribution is 2.10. The molecule has 1 heterocycles. The topological polar surface area (TPSA) is 82.2 Å². The van der Waals surface area contributed by atoms with Crippen molar-refractivity contribution in [2.45, 2.75) is 0 Å². The normalized spacial score (nSPS) is 9.45. The number of aliphatic hydroxyl groups excluding tert-OH is 1. The van der Waals surface area contributed by atoms with Gasteiger partial charge in [0.2, 0.25) is 5.56 Å². The standard InChI is InChI=1S/C15H12N2O3/c18-9-3-5-11-4-1-6-12(10-11)16-15(20)13-7-2-8-14(19)17-13/h1-2,4,6-8,10,18H,9H2,(H,16,20)(H,17,19). The van der Waals surface area contributed by atoms with Crippen LogP contribution in [0.3, 0.4) is 0 Å². The van der Waals surface area contributed by atoms with Crippen molar-refractivity contribution in [2.24, 2.45) is 0 Å². The lowest BCUT2D eigenvalue weighted by Crippen LogP contribution is -2.17. The van der Waals surface area contributed by atoms with E-state index in [1.54, 1.807) is 24.3 Å². The van der Waals surface area contributed by atoms with Crippen LogP contribution in [0, 0.1) is 11.8 Å². The van der Waals surface area contributed by atoms with E-state index in [-0.39, 0.29) is 17.9 Å². The van der Waals surface area contributed by atoms with E-state index in [1.165, 1.54) is 18.2 Å². The summed E-state index contributed by atoms with van der Waals surface area (Å²) in [5.74, 6) is 4.87. The van der Waals surface area contributed by atoms with Gasteiger partial charge in [-0.3, -0.25) is 9.59 Å². The third-order valence-electron chi connectivity index (χ3n) is 2.45. The molecule has 0 bridgehead atoms. The Balaban J connectivity index is 2.17. The Kier molecular flexibility index (Phi) is 4.32. The number of H-pyrrole nitrogens is 1. The Morgan fingerprint density at radius 2 is 2.05 bits per heavy atom. The molecule has 5 heteroatoms. The minimum atomic E-state index is -0.407. The maximum atomic E-state index is 11.9. The van der Waals surface area contributed by atoms with E-state index in [0.717, 1.165) is 0 Å². The van der Waals surface area contributed by atoms with Crippen molar-refractivity contribution in [1.29, 1.82) is 0 Å². The van der Waals surface area contributed by atoms with Gasteiger partial charge in [0.05, 0.1) is 0 Å². The lowest BCUT2D eigenvalue weighted by atomic mass is 10.2. The fourth-order valence-corrected chi connectivity index (χ4v) is 1.59. The molecule has 0 aliphatic heterocycles. The second kappa shape index (κ2) is 6.36. The molecule has 0 saturated heterocycles. The van der Waals surface area contributed by atoms with Gasteiger partial charge in [0.25, 0.3) is 5.91 Å². The highest BCUT2D eigenvalue weighted by Gasteiger charge is 2.06. The highest BCUT2D eigenvalue weighted by atomic mass is 16.2. The Morgan fingerprint density at radius 1 is 1.25 bits per heavy atom. The average Bonchev–Trinajstić information content (AvgIpc) is 2.45. The van der Waals surface area contributed by atoms with Gasteiger partial charge in [-0.1, -0.05) is 24.0 Å². The molecule has 0 fully saturated rings. The summed E-state index contributed by atoms with van der Waals surface area (Å²) in [6.45, 7) is -0.220. The smallest absolute Gasteiger partial charge is 0.272 e. The van der Waals surface area contributed by atoms with Crippen LogP contribution in [0.2, 0.25) is 0 Å². The van der Waals surface area contributed by atoms with Crippen LogP contribution in [0.1, 0.15) is 16.1 Å². The second-order valence-corrected chi connectivity index (χ2v) is 3.92. The average molecular weight is 268 g/mol. The Morgan fingerprint density at radius 3 is 2.80 bits per heavy atom. The summed E-state index contributed by atoms with van der Waals surface area (Å²) < 4.78 is 0. The van der Waals surface area contributed by atoms with Crippen LogP contribution in [-0.4, -0.2) is 22.6 Å². The third kappa shape index (κ3) is 3.57. The number of anilines is 1. The van der Waals surface area contributed by atoms with Crippen LogP contribution in [0.25, 0.3) is 0 Å². The molecule has 20 heavy (non-hydrogen) atoms. The number of carbonyl (C=O) groups is 1. The minimum absolute atomic E-state index is 0.185. The molecule has 2 aromatic rings. The van der Waals surface area contributed by atoms with Gasteiger partial charge in [-0.05, 0) is 24.3 Å². The van der Waals surface area contributed by atoms with Crippen LogP contribution in [0.15, 0.2) is 47.3 Å². The van der Waals surface area contributed by atoms with Crippen LogP contribution in [-0.2, 0) is 0 Å². The van der Waals surface area contributed by atoms with Crippen LogP contribution < -0.4 is 10.9 Å². The number of hydrogen-bond acceptors (Lipinski definition) is 3. The Hall–Kier alpha value is -2.84. The molecule has 0 spiro atoms. The molecule has 3 N–H and O–H groups in total.